The Morgan fingerprint density at radius 2 is 1.83 bits per heavy atom. The van der Waals surface area contributed by atoms with Crippen LogP contribution >= 0.6 is 11.6 Å². The van der Waals surface area contributed by atoms with E-state index in [0.717, 1.165) is 40.6 Å². The minimum absolute atomic E-state index is 0.184. The van der Waals surface area contributed by atoms with E-state index in [1.165, 1.54) is 25.7 Å². The number of unbranched alkanes of at least 4 members (excludes halogenated alkanes) is 5. The number of benzene rings is 2. The topological polar surface area (TPSA) is 67.9 Å². The van der Waals surface area contributed by atoms with Crippen molar-refractivity contribution in [1.82, 2.24) is 15.4 Å². The van der Waals surface area contributed by atoms with E-state index in [-0.39, 0.29) is 5.97 Å². The van der Waals surface area contributed by atoms with Crippen LogP contribution in [0.3, 0.4) is 0 Å². The first-order valence-electron chi connectivity index (χ1n) is 10.4. The van der Waals surface area contributed by atoms with Gasteiger partial charge in [-0.2, -0.15) is 15.4 Å². The highest BCUT2D eigenvalue weighted by Crippen LogP contribution is 2.36. The molecule has 2 aromatic carbocycles. The molecule has 0 aliphatic rings. The van der Waals surface area contributed by atoms with Gasteiger partial charge >= 0.3 is 5.97 Å². The first kappa shape index (κ1) is 21.3. The quantitative estimate of drug-likeness (QED) is 0.304. The summed E-state index contributed by atoms with van der Waals surface area (Å²) in [6, 6.07) is 11.8. The van der Waals surface area contributed by atoms with E-state index in [0.29, 0.717) is 24.5 Å². The molecule has 0 spiro atoms. The molecule has 1 N–H and O–H groups in total. The number of ether oxygens (including phenoxy) is 1. The standard InChI is InChI=1S/C23H28ClN3O2/c1-2-3-4-5-6-10-15-29-20(28)14-13-18-16-19-23(26-27-25-19)21(22(18)24)17-11-8-7-9-12-17/h7-9,11-12,16H,2-6,10,13-15H2,1H3,(H,25,26,27). The van der Waals surface area contributed by atoms with Gasteiger partial charge in [-0.05, 0) is 30.0 Å². The van der Waals surface area contributed by atoms with Crippen molar-refractivity contribution >= 4 is 28.6 Å². The van der Waals surface area contributed by atoms with Gasteiger partial charge in [0.05, 0.1) is 11.6 Å². The summed E-state index contributed by atoms with van der Waals surface area (Å²) in [7, 11) is 0. The summed E-state index contributed by atoms with van der Waals surface area (Å²) in [6.45, 7) is 2.70. The number of aryl methyl sites for hydroxylation is 1. The molecule has 3 rings (SSSR count). The van der Waals surface area contributed by atoms with E-state index in [9.17, 15) is 4.79 Å². The molecule has 0 saturated carbocycles. The number of carbonyl (C=O) groups is 1. The van der Waals surface area contributed by atoms with Gasteiger partial charge in [-0.15, -0.1) is 0 Å². The summed E-state index contributed by atoms with van der Waals surface area (Å²) in [4.78, 5) is 12.1. The third-order valence-corrected chi connectivity index (χ3v) is 5.48. The van der Waals surface area contributed by atoms with Crippen LogP contribution < -0.4 is 0 Å². The zero-order chi connectivity index (χ0) is 20.5. The van der Waals surface area contributed by atoms with E-state index in [4.69, 9.17) is 16.3 Å². The van der Waals surface area contributed by atoms with Gasteiger partial charge in [0.1, 0.15) is 11.0 Å². The number of halogens is 1. The molecule has 5 nitrogen and oxygen atoms in total. The summed E-state index contributed by atoms with van der Waals surface area (Å²) in [5, 5.41) is 11.8. The van der Waals surface area contributed by atoms with Crippen molar-refractivity contribution in [2.24, 2.45) is 0 Å². The number of carbonyl (C=O) groups excluding carboxylic acids is 1. The molecule has 0 aliphatic carbocycles. The minimum atomic E-state index is -0.184. The lowest BCUT2D eigenvalue weighted by Gasteiger charge is -2.11. The molecular formula is C23H28ClN3O2. The van der Waals surface area contributed by atoms with Gasteiger partial charge in [-0.1, -0.05) is 81.0 Å². The molecule has 0 bridgehead atoms. The van der Waals surface area contributed by atoms with Crippen molar-refractivity contribution in [3.8, 4) is 11.1 Å². The number of fused-ring (bicyclic) bond motifs is 1. The van der Waals surface area contributed by atoms with Gasteiger partial charge in [0.15, 0.2) is 0 Å². The van der Waals surface area contributed by atoms with Crippen LogP contribution in [0.1, 0.15) is 57.4 Å². The van der Waals surface area contributed by atoms with Crippen molar-refractivity contribution in [3.63, 3.8) is 0 Å². The van der Waals surface area contributed by atoms with Gasteiger partial charge in [0, 0.05) is 12.0 Å². The number of aromatic nitrogens is 3. The van der Waals surface area contributed by atoms with Gasteiger partial charge in [0.25, 0.3) is 0 Å². The zero-order valence-corrected chi connectivity index (χ0v) is 17.7. The number of nitrogens with one attached hydrogen (secondary N) is 1. The minimum Gasteiger partial charge on any atom is -0.466 e. The van der Waals surface area contributed by atoms with Crippen LogP contribution in [-0.4, -0.2) is 28.0 Å². The van der Waals surface area contributed by atoms with Crippen molar-refractivity contribution in [1.29, 1.82) is 0 Å². The number of esters is 1. The van der Waals surface area contributed by atoms with Gasteiger partial charge in [0.2, 0.25) is 0 Å². The van der Waals surface area contributed by atoms with E-state index in [1.54, 1.807) is 0 Å². The Bertz CT molecular complexity index is 925. The lowest BCUT2D eigenvalue weighted by atomic mass is 9.99. The largest absolute Gasteiger partial charge is 0.466 e. The number of rotatable bonds is 11. The molecule has 154 valence electrons. The average molecular weight is 414 g/mol. The van der Waals surface area contributed by atoms with Gasteiger partial charge < -0.3 is 4.74 Å². The summed E-state index contributed by atoms with van der Waals surface area (Å²) in [5.74, 6) is -0.184. The molecule has 1 aromatic heterocycles. The first-order chi connectivity index (χ1) is 14.2. The third-order valence-electron chi connectivity index (χ3n) is 5.05. The Balaban J connectivity index is 1.59. The second-order valence-electron chi connectivity index (χ2n) is 7.27. The molecule has 6 heteroatoms. The molecule has 0 unspecified atom stereocenters. The fourth-order valence-corrected chi connectivity index (χ4v) is 3.79. The molecular weight excluding hydrogens is 386 g/mol. The van der Waals surface area contributed by atoms with Crippen molar-refractivity contribution < 1.29 is 9.53 Å². The van der Waals surface area contributed by atoms with Crippen molar-refractivity contribution in [2.75, 3.05) is 6.61 Å². The van der Waals surface area contributed by atoms with Crippen molar-refractivity contribution in [3.05, 3.63) is 47.0 Å². The van der Waals surface area contributed by atoms with E-state index >= 15 is 0 Å². The summed E-state index contributed by atoms with van der Waals surface area (Å²) < 4.78 is 5.38. The lowest BCUT2D eigenvalue weighted by Crippen LogP contribution is -2.07. The SMILES string of the molecule is CCCCCCCCOC(=O)CCc1cc2n[nH]nc2c(-c2ccccc2)c1Cl. The number of H-pyrrole nitrogens is 1. The van der Waals surface area contributed by atoms with Crippen LogP contribution in [0.4, 0.5) is 0 Å². The highest BCUT2D eigenvalue weighted by atomic mass is 35.5. The smallest absolute Gasteiger partial charge is 0.306 e. The summed E-state index contributed by atoms with van der Waals surface area (Å²) in [5.41, 5.74) is 4.17. The molecule has 29 heavy (non-hydrogen) atoms. The van der Waals surface area contributed by atoms with Crippen LogP contribution in [0.5, 0.6) is 0 Å². The van der Waals surface area contributed by atoms with Crippen LogP contribution in [0.2, 0.25) is 5.02 Å². The van der Waals surface area contributed by atoms with Gasteiger partial charge in [-0.3, -0.25) is 4.79 Å². The van der Waals surface area contributed by atoms with Crippen LogP contribution in [0.25, 0.3) is 22.2 Å². The number of nitrogens with zero attached hydrogens (tertiary/aromatic N) is 2. The summed E-state index contributed by atoms with van der Waals surface area (Å²) >= 11 is 6.72. The van der Waals surface area contributed by atoms with E-state index < -0.39 is 0 Å². The average Bonchev–Trinajstić information content (AvgIpc) is 3.20. The van der Waals surface area contributed by atoms with Gasteiger partial charge in [-0.25, -0.2) is 0 Å². The predicted octanol–water partition coefficient (Wildman–Crippen LogP) is 6.11. The van der Waals surface area contributed by atoms with Crippen LogP contribution in [0, 0.1) is 0 Å². The molecule has 0 saturated heterocycles. The Hall–Kier alpha value is -2.40. The van der Waals surface area contributed by atoms with E-state index in [2.05, 4.69) is 22.3 Å². The maximum absolute atomic E-state index is 12.1. The maximum atomic E-state index is 12.1. The highest BCUT2D eigenvalue weighted by molar-refractivity contribution is 6.35. The molecule has 0 atom stereocenters. The molecule has 0 radical (unpaired) electrons. The predicted molar refractivity (Wildman–Crippen MR) is 117 cm³/mol. The fourth-order valence-electron chi connectivity index (χ4n) is 3.44. The maximum Gasteiger partial charge on any atom is 0.306 e. The Kier molecular flexibility index (Phi) is 8.05. The van der Waals surface area contributed by atoms with Crippen LogP contribution in [0.15, 0.2) is 36.4 Å². The fraction of sp³-hybridized carbons (Fsp3) is 0.435. The summed E-state index contributed by atoms with van der Waals surface area (Å²) in [6.07, 6.45) is 7.84. The Morgan fingerprint density at radius 3 is 2.62 bits per heavy atom. The zero-order valence-electron chi connectivity index (χ0n) is 16.9. The molecule has 0 aliphatic heterocycles. The van der Waals surface area contributed by atoms with Crippen LogP contribution in [-0.2, 0) is 16.0 Å². The lowest BCUT2D eigenvalue weighted by molar-refractivity contribution is -0.143. The molecule has 3 aromatic rings. The normalized spacial score (nSPS) is 11.1. The second-order valence-corrected chi connectivity index (χ2v) is 7.65. The number of aromatic amines is 1. The number of hydrogen-bond acceptors (Lipinski definition) is 4. The molecule has 0 fully saturated rings. The van der Waals surface area contributed by atoms with E-state index in [1.807, 2.05) is 36.4 Å². The number of hydrogen-bond donors (Lipinski definition) is 1. The molecule has 1 heterocycles. The Morgan fingerprint density at radius 1 is 1.07 bits per heavy atom. The monoisotopic (exact) mass is 413 g/mol. The van der Waals surface area contributed by atoms with Crippen molar-refractivity contribution in [2.45, 2.75) is 58.3 Å². The molecule has 0 amide bonds. The Labute approximate surface area is 176 Å². The second kappa shape index (κ2) is 11.0. The first-order valence-corrected chi connectivity index (χ1v) is 10.8. The third kappa shape index (κ3) is 5.80. The highest BCUT2D eigenvalue weighted by Gasteiger charge is 2.17.